The molecule has 0 amide bonds. The summed E-state index contributed by atoms with van der Waals surface area (Å²) in [5.74, 6) is 0. The van der Waals surface area contributed by atoms with Crippen LogP contribution >= 0.6 is 24.8 Å². The fourth-order valence-electron chi connectivity index (χ4n) is 0.998. The third-order valence-electron chi connectivity index (χ3n) is 1.74. The van der Waals surface area contributed by atoms with Gasteiger partial charge in [0, 0.05) is 0 Å². The third kappa shape index (κ3) is 19.3. The van der Waals surface area contributed by atoms with Gasteiger partial charge in [0.05, 0.1) is 0 Å². The Kier molecular flexibility index (Phi) is 40.3. The maximum absolute atomic E-state index is 3.05. The van der Waals surface area contributed by atoms with Crippen LogP contribution < -0.4 is 0 Å². The van der Waals surface area contributed by atoms with Gasteiger partial charge in [-0.1, -0.05) is 0 Å². The van der Waals surface area contributed by atoms with E-state index in [9.17, 15) is 0 Å². The van der Waals surface area contributed by atoms with Crippen LogP contribution in [0.15, 0.2) is 35.5 Å². The second kappa shape index (κ2) is 23.1. The number of allylic oxidation sites excluding steroid dienone is 8. The van der Waals surface area contributed by atoms with E-state index in [0.717, 1.165) is 12.8 Å². The molecular formula is C14H24Cl2GeZr-4. The molecule has 0 bridgehead atoms. The molecule has 0 fully saturated rings. The minimum atomic E-state index is 0. The van der Waals surface area contributed by atoms with Crippen LogP contribution in [0.4, 0.5) is 0 Å². The Hall–Kier alpha value is 0.966. The molecule has 18 heavy (non-hydrogen) atoms. The zero-order chi connectivity index (χ0) is 10.8. The first-order chi connectivity index (χ1) is 6.79. The minimum absolute atomic E-state index is 0. The molecule has 0 aromatic rings. The van der Waals surface area contributed by atoms with Crippen molar-refractivity contribution in [1.82, 2.24) is 0 Å². The van der Waals surface area contributed by atoms with Gasteiger partial charge in [-0.2, -0.15) is 12.2 Å². The Balaban J connectivity index is -0.0000000460. The molecule has 0 nitrogen and oxygen atoms in total. The molecule has 0 spiro atoms. The molecule has 0 aromatic carbocycles. The molecule has 0 saturated heterocycles. The summed E-state index contributed by atoms with van der Waals surface area (Å²) in [6.45, 7) is 4.17. The molecule has 0 aliphatic heterocycles. The van der Waals surface area contributed by atoms with E-state index in [2.05, 4.69) is 38.2 Å². The van der Waals surface area contributed by atoms with Crippen LogP contribution in [0.25, 0.3) is 0 Å². The molecule has 2 aliphatic carbocycles. The maximum atomic E-state index is 3.05. The molecular weight excluding hydrogens is 403 g/mol. The van der Waals surface area contributed by atoms with E-state index in [1.165, 1.54) is 23.3 Å². The topological polar surface area (TPSA) is 0 Å². The molecule has 4 heteroatoms. The zero-order valence-corrected chi connectivity index (χ0v) is 18.8. The van der Waals surface area contributed by atoms with Crippen LogP contribution in [0.2, 0.25) is 0 Å². The average molecular weight is 427 g/mol. The van der Waals surface area contributed by atoms with Gasteiger partial charge in [0.2, 0.25) is 0 Å². The molecule has 0 saturated carbocycles. The fraction of sp³-hybridized carbons (Fsp3) is 0.286. The van der Waals surface area contributed by atoms with Crippen LogP contribution in [-0.2, 0) is 21.6 Å². The van der Waals surface area contributed by atoms with Gasteiger partial charge >= 0.3 is 33.7 Å². The van der Waals surface area contributed by atoms with E-state index >= 15 is 0 Å². The van der Waals surface area contributed by atoms with Crippen molar-refractivity contribution in [3.05, 3.63) is 62.5 Å². The van der Waals surface area contributed by atoms with E-state index in [1.807, 2.05) is 12.2 Å². The molecule has 0 radical (unpaired) electrons. The Morgan fingerprint density at radius 1 is 0.889 bits per heavy atom. The molecule has 2 aliphatic rings. The first-order valence-corrected chi connectivity index (χ1v) is 15.1. The fourth-order valence-corrected chi connectivity index (χ4v) is 0.998. The predicted molar refractivity (Wildman–Crippen MR) is 88.2 cm³/mol. The standard InChI is InChI=1S/2C6H7.2CH3.2ClH.GeH2.Zr/c2*1-6-4-2-3-5-6;;;;;;/h2*4-5H,2H2,1H3;2*1H3;2*1H;1H2;/q4*-1;;;;. The molecule has 0 aromatic heterocycles. The van der Waals surface area contributed by atoms with Crippen molar-refractivity contribution < 1.29 is 21.6 Å². The van der Waals surface area contributed by atoms with Crippen LogP contribution in [-0.4, -0.2) is 12.1 Å². The zero-order valence-electron chi connectivity index (χ0n) is 11.7. The van der Waals surface area contributed by atoms with Crippen molar-refractivity contribution in [2.75, 3.05) is 0 Å². The summed E-state index contributed by atoms with van der Waals surface area (Å²) in [5, 5.41) is 0. The first kappa shape index (κ1) is 31.4. The number of rotatable bonds is 0. The second-order valence-electron chi connectivity index (χ2n) is 3.00. The summed E-state index contributed by atoms with van der Waals surface area (Å²) in [6, 6.07) is 0. The third-order valence-corrected chi connectivity index (χ3v) is 1.74. The molecule has 0 N–H and O–H groups in total. The number of hydrogen-bond donors (Lipinski definition) is 0. The average Bonchev–Trinajstić information content (AvgIpc) is 2.83. The van der Waals surface area contributed by atoms with Gasteiger partial charge in [-0.3, -0.25) is 12.2 Å². The van der Waals surface area contributed by atoms with Gasteiger partial charge in [-0.05, 0) is 0 Å². The molecule has 0 heterocycles. The summed E-state index contributed by atoms with van der Waals surface area (Å²) in [7, 11) is 0. The van der Waals surface area contributed by atoms with Crippen molar-refractivity contribution in [1.29, 1.82) is 0 Å². The summed E-state index contributed by atoms with van der Waals surface area (Å²) < 4.78 is 0. The molecule has 0 atom stereocenters. The van der Waals surface area contributed by atoms with E-state index < -0.39 is 0 Å². The first-order valence-electron chi connectivity index (χ1n) is 4.61. The van der Waals surface area contributed by atoms with E-state index in [-0.39, 0.29) is 39.7 Å². The van der Waals surface area contributed by atoms with E-state index in [1.54, 1.807) is 21.6 Å². The van der Waals surface area contributed by atoms with Gasteiger partial charge in [0.15, 0.2) is 0 Å². The normalized spacial score (nSPS) is 12.5. The quantitative estimate of drug-likeness (QED) is 0.402. The van der Waals surface area contributed by atoms with Gasteiger partial charge in [0.25, 0.3) is 0 Å². The summed E-state index contributed by atoms with van der Waals surface area (Å²) in [4.78, 5) is 0. The van der Waals surface area contributed by atoms with Gasteiger partial charge in [0.1, 0.15) is 0 Å². The number of halogens is 2. The van der Waals surface area contributed by atoms with Crippen molar-refractivity contribution in [2.24, 2.45) is 0 Å². The van der Waals surface area contributed by atoms with Crippen molar-refractivity contribution in [3.8, 4) is 0 Å². The summed E-state index contributed by atoms with van der Waals surface area (Å²) >= 11 is 3.14. The van der Waals surface area contributed by atoms with Crippen molar-refractivity contribution in [3.63, 3.8) is 0 Å². The predicted octanol–water partition coefficient (Wildman–Crippen LogP) is 4.22. The van der Waals surface area contributed by atoms with E-state index in [0.29, 0.717) is 0 Å². The second-order valence-corrected chi connectivity index (χ2v) is 3.00. The van der Waals surface area contributed by atoms with Crippen LogP contribution in [0.3, 0.4) is 0 Å². The van der Waals surface area contributed by atoms with Gasteiger partial charge < -0.3 is 14.9 Å². The Labute approximate surface area is 146 Å². The Morgan fingerprint density at radius 2 is 1.17 bits per heavy atom. The molecule has 2 rings (SSSR count). The number of hydrogen-bond acceptors (Lipinski definition) is 0. The van der Waals surface area contributed by atoms with Crippen molar-refractivity contribution >= 4 is 37.0 Å². The van der Waals surface area contributed by atoms with Crippen LogP contribution in [0, 0.1) is 27.0 Å². The van der Waals surface area contributed by atoms with Gasteiger partial charge in [-0.25, -0.2) is 23.3 Å². The SMILES string of the molecule is CC1=CC[C-]=C1.CC1=CC[C-]=C1.Cl.Cl.[CH3-].[CH3-].[GeH2]=[Zr]. The monoisotopic (exact) mass is 426 g/mol. The summed E-state index contributed by atoms with van der Waals surface area (Å²) in [6.07, 6.45) is 16.5. The van der Waals surface area contributed by atoms with Crippen LogP contribution in [0.5, 0.6) is 0 Å². The van der Waals surface area contributed by atoms with E-state index in [4.69, 9.17) is 0 Å². The van der Waals surface area contributed by atoms with Gasteiger partial charge in [-0.15, -0.1) is 51.5 Å². The molecule has 0 unspecified atom stereocenters. The van der Waals surface area contributed by atoms with Crippen molar-refractivity contribution in [2.45, 2.75) is 26.7 Å². The molecule has 106 valence electrons. The summed E-state index contributed by atoms with van der Waals surface area (Å²) in [5.41, 5.74) is 2.69. The Bertz CT molecular complexity index is 248. The van der Waals surface area contributed by atoms with Crippen LogP contribution in [0.1, 0.15) is 26.7 Å². The Morgan fingerprint density at radius 3 is 1.22 bits per heavy atom.